The van der Waals surface area contributed by atoms with Gasteiger partial charge < -0.3 is 0 Å². The van der Waals surface area contributed by atoms with Crippen molar-refractivity contribution >= 4 is 43.0 Å². The molecular formula is C38H54Br2. The number of unbranched alkanes of at least 4 members (excludes halogenated alkanes) is 4. The van der Waals surface area contributed by atoms with Crippen molar-refractivity contribution in [2.75, 3.05) is 0 Å². The molecule has 220 valence electrons. The van der Waals surface area contributed by atoms with E-state index in [1.54, 1.807) is 11.1 Å². The lowest BCUT2D eigenvalue weighted by atomic mass is 9.83. The van der Waals surface area contributed by atoms with Gasteiger partial charge in [-0.3, -0.25) is 0 Å². The van der Waals surface area contributed by atoms with Crippen LogP contribution in [0.5, 0.6) is 0 Å². The number of hydrogen-bond acceptors (Lipinski definition) is 0. The highest BCUT2D eigenvalue weighted by Gasteiger charge is 2.17. The molecule has 2 aliphatic rings. The fraction of sp³-hybridized carbons (Fsp3) is 0.579. The van der Waals surface area contributed by atoms with Crippen molar-refractivity contribution < 1.29 is 0 Å². The number of allylic oxidation sites excluding steroid dienone is 4. The van der Waals surface area contributed by atoms with Gasteiger partial charge in [-0.05, 0) is 123 Å². The quantitative estimate of drug-likeness (QED) is 0.221. The summed E-state index contributed by atoms with van der Waals surface area (Å²) in [7, 11) is 0. The zero-order valence-corrected chi connectivity index (χ0v) is 29.4. The first-order valence-corrected chi connectivity index (χ1v) is 17.7. The second kappa shape index (κ2) is 17.1. The van der Waals surface area contributed by atoms with E-state index >= 15 is 0 Å². The molecule has 2 aliphatic carbocycles. The predicted octanol–water partition coefficient (Wildman–Crippen LogP) is 13.7. The van der Waals surface area contributed by atoms with Crippen molar-refractivity contribution in [1.82, 2.24) is 0 Å². The highest BCUT2D eigenvalue weighted by atomic mass is 79.9. The van der Waals surface area contributed by atoms with Gasteiger partial charge >= 0.3 is 0 Å². The van der Waals surface area contributed by atoms with Crippen LogP contribution in [-0.2, 0) is 0 Å². The van der Waals surface area contributed by atoms with Crippen LogP contribution in [0, 0.1) is 39.5 Å². The van der Waals surface area contributed by atoms with E-state index in [9.17, 15) is 0 Å². The Bertz CT molecular complexity index is 1010. The van der Waals surface area contributed by atoms with E-state index in [1.807, 2.05) is 0 Å². The van der Waals surface area contributed by atoms with Crippen molar-refractivity contribution in [2.45, 2.75) is 131 Å². The molecule has 0 aliphatic heterocycles. The maximum Gasteiger partial charge on any atom is 0.0234 e. The first-order valence-electron chi connectivity index (χ1n) is 16.2. The van der Waals surface area contributed by atoms with Gasteiger partial charge in [0.25, 0.3) is 0 Å². The lowest BCUT2D eigenvalue weighted by Crippen LogP contribution is -2.05. The molecule has 0 spiro atoms. The zero-order chi connectivity index (χ0) is 29.1. The fourth-order valence-corrected chi connectivity index (χ4v) is 6.91. The van der Waals surface area contributed by atoms with Gasteiger partial charge in [-0.15, -0.1) is 0 Å². The van der Waals surface area contributed by atoms with Crippen LogP contribution in [-0.4, -0.2) is 0 Å². The first-order chi connectivity index (χ1) is 19.2. The van der Waals surface area contributed by atoms with E-state index in [4.69, 9.17) is 0 Å². The van der Waals surface area contributed by atoms with Crippen LogP contribution in [0.15, 0.2) is 45.4 Å². The maximum atomic E-state index is 3.66. The van der Waals surface area contributed by atoms with Gasteiger partial charge in [0, 0.05) is 8.95 Å². The van der Waals surface area contributed by atoms with E-state index < -0.39 is 0 Å². The van der Waals surface area contributed by atoms with Gasteiger partial charge in [0.05, 0.1) is 0 Å². The molecule has 40 heavy (non-hydrogen) atoms. The third-order valence-electron chi connectivity index (χ3n) is 9.09. The Labute approximate surface area is 263 Å². The topological polar surface area (TPSA) is 0 Å². The summed E-state index contributed by atoms with van der Waals surface area (Å²) in [6.45, 7) is 13.3. The molecule has 0 radical (unpaired) electrons. The predicted molar refractivity (Wildman–Crippen MR) is 186 cm³/mol. The van der Waals surface area contributed by atoms with Crippen LogP contribution >= 0.6 is 31.9 Å². The normalized spacial score (nSPS) is 19.0. The smallest absolute Gasteiger partial charge is 0.0234 e. The molecule has 0 aromatic heterocycles. The minimum absolute atomic E-state index is 0.933. The van der Waals surface area contributed by atoms with E-state index in [0.717, 1.165) is 11.8 Å². The Balaban J connectivity index is 0.000000220. The minimum Gasteiger partial charge on any atom is -0.0804 e. The Hall–Kier alpha value is -1.12. The molecule has 0 bridgehead atoms. The third kappa shape index (κ3) is 10.0. The molecule has 2 heteroatoms. The van der Waals surface area contributed by atoms with Gasteiger partial charge in [-0.1, -0.05) is 133 Å². The standard InChI is InChI=1S/2C19H27Br/c2*1-4-5-6-7-16-8-10-17(11-9-16)18-12-14(2)19(20)15(3)13-18/h2*10,12-13,16H,4-9,11H2,1-3H3. The van der Waals surface area contributed by atoms with Crippen LogP contribution in [0.4, 0.5) is 0 Å². The van der Waals surface area contributed by atoms with Crippen LogP contribution in [0.3, 0.4) is 0 Å². The molecular weight excluding hydrogens is 616 g/mol. The van der Waals surface area contributed by atoms with Crippen LogP contribution in [0.1, 0.15) is 137 Å². The van der Waals surface area contributed by atoms with Crippen molar-refractivity contribution in [3.8, 4) is 0 Å². The number of halogens is 2. The number of aryl methyl sites for hydroxylation is 4. The van der Waals surface area contributed by atoms with Crippen molar-refractivity contribution in [3.63, 3.8) is 0 Å². The molecule has 0 saturated heterocycles. The number of hydrogen-bond donors (Lipinski definition) is 0. The SMILES string of the molecule is CCCCCC1CC=C(c2cc(C)c(Br)c(C)c2)CC1.CCCCCC1CC=C(c2cc(C)c(Br)c(C)c2)CC1. The van der Waals surface area contributed by atoms with Gasteiger partial charge in [0.1, 0.15) is 0 Å². The molecule has 0 nitrogen and oxygen atoms in total. The number of rotatable bonds is 10. The molecule has 2 aromatic rings. The maximum absolute atomic E-state index is 3.66. The van der Waals surface area contributed by atoms with Gasteiger partial charge in [-0.25, -0.2) is 0 Å². The molecule has 0 heterocycles. The largest absolute Gasteiger partial charge is 0.0804 e. The average Bonchev–Trinajstić information content (AvgIpc) is 2.95. The second-order valence-electron chi connectivity index (χ2n) is 12.6. The Morgan fingerprint density at radius 2 is 0.925 bits per heavy atom. The highest BCUT2D eigenvalue weighted by Crippen LogP contribution is 2.36. The Kier molecular flexibility index (Phi) is 14.3. The number of benzene rings is 2. The van der Waals surface area contributed by atoms with Crippen LogP contribution < -0.4 is 0 Å². The van der Waals surface area contributed by atoms with Gasteiger partial charge in [0.15, 0.2) is 0 Å². The van der Waals surface area contributed by atoms with E-state index in [-0.39, 0.29) is 0 Å². The monoisotopic (exact) mass is 668 g/mol. The lowest BCUT2D eigenvalue weighted by molar-refractivity contribution is 0.428. The van der Waals surface area contributed by atoms with Crippen molar-refractivity contribution in [1.29, 1.82) is 0 Å². The second-order valence-corrected chi connectivity index (χ2v) is 14.2. The molecule has 0 fully saturated rings. The minimum atomic E-state index is 0.933. The first kappa shape index (κ1) is 33.4. The average molecular weight is 671 g/mol. The third-order valence-corrected chi connectivity index (χ3v) is 11.6. The molecule has 2 atom stereocenters. The van der Waals surface area contributed by atoms with E-state index in [1.165, 1.54) is 132 Å². The molecule has 2 aromatic carbocycles. The lowest BCUT2D eigenvalue weighted by Gasteiger charge is -2.22. The molecule has 4 rings (SSSR count). The summed E-state index contributed by atoms with van der Waals surface area (Å²) in [5.74, 6) is 1.87. The summed E-state index contributed by atoms with van der Waals surface area (Å²) in [6, 6.07) is 9.33. The molecule has 0 saturated carbocycles. The summed E-state index contributed by atoms with van der Waals surface area (Å²) >= 11 is 7.33. The summed E-state index contributed by atoms with van der Waals surface area (Å²) in [5.41, 5.74) is 11.4. The Morgan fingerprint density at radius 3 is 1.20 bits per heavy atom. The van der Waals surface area contributed by atoms with E-state index in [2.05, 4.69) is 110 Å². The zero-order valence-electron chi connectivity index (χ0n) is 26.3. The van der Waals surface area contributed by atoms with Gasteiger partial charge in [0.2, 0.25) is 0 Å². The summed E-state index contributed by atoms with van der Waals surface area (Å²) in [6.07, 6.45) is 24.0. The van der Waals surface area contributed by atoms with Crippen LogP contribution in [0.25, 0.3) is 11.1 Å². The summed E-state index contributed by atoms with van der Waals surface area (Å²) in [4.78, 5) is 0. The van der Waals surface area contributed by atoms with Crippen molar-refractivity contribution in [3.05, 3.63) is 78.7 Å². The molecule has 2 unspecified atom stereocenters. The Morgan fingerprint density at radius 1 is 0.575 bits per heavy atom. The van der Waals surface area contributed by atoms with E-state index in [0.29, 0.717) is 0 Å². The summed E-state index contributed by atoms with van der Waals surface area (Å²) < 4.78 is 2.52. The molecule has 0 amide bonds. The van der Waals surface area contributed by atoms with Crippen molar-refractivity contribution in [2.24, 2.45) is 11.8 Å². The van der Waals surface area contributed by atoms with Gasteiger partial charge in [-0.2, -0.15) is 0 Å². The summed E-state index contributed by atoms with van der Waals surface area (Å²) in [5, 5.41) is 0. The highest BCUT2D eigenvalue weighted by molar-refractivity contribution is 9.10. The fourth-order valence-electron chi connectivity index (χ4n) is 6.45. The van der Waals surface area contributed by atoms with Crippen LogP contribution in [0.2, 0.25) is 0 Å². The molecule has 0 N–H and O–H groups in total.